The maximum absolute atomic E-state index is 12.4. The first-order valence-electron chi connectivity index (χ1n) is 11.3. The van der Waals surface area contributed by atoms with Crippen molar-refractivity contribution in [1.29, 1.82) is 0 Å². The molecule has 0 amide bonds. The van der Waals surface area contributed by atoms with Crippen molar-refractivity contribution in [2.24, 2.45) is 0 Å². The number of hydrogen-bond donors (Lipinski definition) is 3. The number of aliphatic carboxylic acids is 1. The van der Waals surface area contributed by atoms with Crippen molar-refractivity contribution < 1.29 is 28.2 Å². The molecule has 0 aromatic heterocycles. The predicted molar refractivity (Wildman–Crippen MR) is 134 cm³/mol. The molecule has 1 atom stereocenters. The van der Waals surface area contributed by atoms with Crippen LogP contribution in [0.25, 0.3) is 6.08 Å². The summed E-state index contributed by atoms with van der Waals surface area (Å²) >= 11 is 0. The van der Waals surface area contributed by atoms with Crippen LogP contribution in [0.15, 0.2) is 89.8 Å². The molecule has 3 rings (SSSR count). The van der Waals surface area contributed by atoms with E-state index in [1.165, 1.54) is 0 Å². The Balaban J connectivity index is 1.50. The quantitative estimate of drug-likeness (QED) is 0.330. The number of aryl methyl sites for hydroxylation is 1. The highest BCUT2D eigenvalue weighted by Crippen LogP contribution is 2.20. The topological polar surface area (TPSA) is 113 Å². The average molecular weight is 496 g/mol. The molecule has 0 aliphatic carbocycles. The first-order valence-corrected chi connectivity index (χ1v) is 12.7. The van der Waals surface area contributed by atoms with Gasteiger partial charge in [-0.1, -0.05) is 72.8 Å². The number of para-hydroxylation sites is 1. The van der Waals surface area contributed by atoms with E-state index in [9.17, 15) is 18.3 Å². The van der Waals surface area contributed by atoms with E-state index in [-0.39, 0.29) is 24.5 Å². The molecule has 0 unspecified atom stereocenters. The van der Waals surface area contributed by atoms with Crippen molar-refractivity contribution in [2.75, 3.05) is 6.61 Å². The van der Waals surface area contributed by atoms with Crippen molar-refractivity contribution in [3.63, 3.8) is 0 Å². The van der Waals surface area contributed by atoms with Crippen LogP contribution in [0.1, 0.15) is 29.5 Å². The first kappa shape index (κ1) is 26.2. The number of nitrogens with one attached hydrogen (secondary N) is 1. The van der Waals surface area contributed by atoms with Gasteiger partial charge in [0.2, 0.25) is 10.0 Å². The van der Waals surface area contributed by atoms with Crippen LogP contribution in [-0.2, 0) is 27.8 Å². The minimum absolute atomic E-state index is 0.0263. The van der Waals surface area contributed by atoms with Gasteiger partial charge in [0.05, 0.1) is 17.6 Å². The van der Waals surface area contributed by atoms with Crippen LogP contribution in [0.4, 0.5) is 0 Å². The molecule has 0 aliphatic rings. The van der Waals surface area contributed by atoms with Gasteiger partial charge in [0, 0.05) is 19.4 Å². The minimum atomic E-state index is -3.59. The number of carboxylic acid groups (broad SMARTS) is 1. The molecule has 8 heteroatoms. The third kappa shape index (κ3) is 8.68. The number of carboxylic acids is 1. The zero-order valence-electron chi connectivity index (χ0n) is 19.2. The Hall–Kier alpha value is -3.46. The Labute approximate surface area is 205 Å². The molecule has 3 aromatic rings. The average Bonchev–Trinajstić information content (AvgIpc) is 2.86. The zero-order chi connectivity index (χ0) is 25.1. The number of rotatable bonds is 13. The van der Waals surface area contributed by atoms with Gasteiger partial charge in [0.15, 0.2) is 0 Å². The highest BCUT2D eigenvalue weighted by molar-refractivity contribution is 7.89. The van der Waals surface area contributed by atoms with Crippen molar-refractivity contribution >= 4 is 22.1 Å². The van der Waals surface area contributed by atoms with Crippen molar-refractivity contribution in [2.45, 2.75) is 36.8 Å². The third-order valence-electron chi connectivity index (χ3n) is 5.23. The summed E-state index contributed by atoms with van der Waals surface area (Å²) in [5.74, 6) is -0.242. The smallest absolute Gasteiger partial charge is 0.303 e. The number of sulfonamides is 1. The fraction of sp³-hybridized carbons (Fsp3) is 0.222. The summed E-state index contributed by atoms with van der Waals surface area (Å²) < 4.78 is 33.2. The highest BCUT2D eigenvalue weighted by Gasteiger charge is 2.12. The molecule has 0 heterocycles. The van der Waals surface area contributed by atoms with Crippen LogP contribution in [0.2, 0.25) is 0 Å². The van der Waals surface area contributed by atoms with Crippen LogP contribution in [0.3, 0.4) is 0 Å². The molecule has 184 valence electrons. The second-order valence-corrected chi connectivity index (χ2v) is 9.71. The fourth-order valence-corrected chi connectivity index (χ4v) is 4.41. The lowest BCUT2D eigenvalue weighted by atomic mass is 10.1. The molecule has 0 spiro atoms. The van der Waals surface area contributed by atoms with Crippen LogP contribution in [0.5, 0.6) is 5.75 Å². The maximum atomic E-state index is 12.4. The van der Waals surface area contributed by atoms with Crippen molar-refractivity contribution in [3.05, 3.63) is 102 Å². The second kappa shape index (κ2) is 12.9. The maximum Gasteiger partial charge on any atom is 0.303 e. The first-order chi connectivity index (χ1) is 16.8. The normalized spacial score (nSPS) is 12.5. The summed E-state index contributed by atoms with van der Waals surface area (Å²) in [5, 5.41) is 19.2. The molecule has 7 nitrogen and oxygen atoms in total. The second-order valence-electron chi connectivity index (χ2n) is 7.95. The van der Waals surface area contributed by atoms with Gasteiger partial charge in [-0.25, -0.2) is 13.1 Å². The lowest BCUT2D eigenvalue weighted by molar-refractivity contribution is -0.136. The summed E-state index contributed by atoms with van der Waals surface area (Å²) in [6.45, 7) is 0.424. The molecule has 0 aliphatic heterocycles. The molecule has 3 aromatic carbocycles. The molecular formula is C27H29NO6S. The van der Waals surface area contributed by atoms with Crippen molar-refractivity contribution in [1.82, 2.24) is 4.72 Å². The minimum Gasteiger partial charge on any atom is -0.493 e. The zero-order valence-corrected chi connectivity index (χ0v) is 20.0. The van der Waals surface area contributed by atoms with E-state index in [1.807, 2.05) is 42.5 Å². The number of aliphatic hydroxyl groups is 1. The van der Waals surface area contributed by atoms with E-state index in [2.05, 4.69) is 4.72 Å². The van der Waals surface area contributed by atoms with E-state index in [0.717, 1.165) is 16.7 Å². The van der Waals surface area contributed by atoms with Crippen LogP contribution in [0, 0.1) is 0 Å². The van der Waals surface area contributed by atoms with E-state index in [0.29, 0.717) is 18.6 Å². The van der Waals surface area contributed by atoms with E-state index >= 15 is 0 Å². The summed E-state index contributed by atoms with van der Waals surface area (Å²) in [6.07, 6.45) is 3.47. The summed E-state index contributed by atoms with van der Waals surface area (Å²) in [5.41, 5.74) is 2.45. The Morgan fingerprint density at radius 2 is 1.74 bits per heavy atom. The number of aliphatic hydroxyl groups excluding tert-OH is 1. The SMILES string of the molecule is O=C(O)CCc1ccccc1OCC[C@@H](O)/C=C/c1cccc(CNS(=O)(=O)c2ccccc2)c1. The fourth-order valence-electron chi connectivity index (χ4n) is 3.37. The number of ether oxygens (including phenoxy) is 1. The molecular weight excluding hydrogens is 466 g/mol. The molecule has 0 bridgehead atoms. The number of carbonyl (C=O) groups is 1. The van der Waals surface area contributed by atoms with Gasteiger partial charge in [-0.15, -0.1) is 0 Å². The van der Waals surface area contributed by atoms with Gasteiger partial charge in [0.1, 0.15) is 5.75 Å². The van der Waals surface area contributed by atoms with Gasteiger partial charge in [-0.2, -0.15) is 0 Å². The number of hydrogen-bond acceptors (Lipinski definition) is 5. The van der Waals surface area contributed by atoms with E-state index in [4.69, 9.17) is 9.84 Å². The largest absolute Gasteiger partial charge is 0.493 e. The van der Waals surface area contributed by atoms with Gasteiger partial charge in [0.25, 0.3) is 0 Å². The monoisotopic (exact) mass is 495 g/mol. The molecule has 0 saturated heterocycles. The lowest BCUT2D eigenvalue weighted by Gasteiger charge is -2.12. The molecule has 35 heavy (non-hydrogen) atoms. The van der Waals surface area contributed by atoms with Crippen LogP contribution >= 0.6 is 0 Å². The number of benzene rings is 3. The Kier molecular flexibility index (Phi) is 9.60. The predicted octanol–water partition coefficient (Wildman–Crippen LogP) is 4.03. The van der Waals surface area contributed by atoms with Crippen LogP contribution in [-0.4, -0.2) is 37.3 Å². The lowest BCUT2D eigenvalue weighted by Crippen LogP contribution is -2.23. The Bertz CT molecular complexity index is 1240. The van der Waals surface area contributed by atoms with E-state index in [1.54, 1.807) is 48.6 Å². The van der Waals surface area contributed by atoms with E-state index < -0.39 is 22.1 Å². The molecule has 0 fully saturated rings. The van der Waals surface area contributed by atoms with Gasteiger partial charge in [-0.3, -0.25) is 4.79 Å². The Morgan fingerprint density at radius 1 is 1.00 bits per heavy atom. The van der Waals surface area contributed by atoms with Gasteiger partial charge < -0.3 is 14.9 Å². The highest BCUT2D eigenvalue weighted by atomic mass is 32.2. The summed E-state index contributed by atoms with van der Waals surface area (Å²) in [4.78, 5) is 11.0. The molecule has 0 saturated carbocycles. The summed E-state index contributed by atoms with van der Waals surface area (Å²) in [7, 11) is -3.59. The van der Waals surface area contributed by atoms with Crippen molar-refractivity contribution in [3.8, 4) is 5.75 Å². The molecule has 3 N–H and O–H groups in total. The summed E-state index contributed by atoms with van der Waals surface area (Å²) in [6, 6.07) is 22.9. The van der Waals surface area contributed by atoms with Gasteiger partial charge in [-0.05, 0) is 41.3 Å². The third-order valence-corrected chi connectivity index (χ3v) is 6.65. The van der Waals surface area contributed by atoms with Gasteiger partial charge >= 0.3 is 5.97 Å². The molecule has 0 radical (unpaired) electrons. The standard InChI is InChI=1S/C27H29NO6S/c29-24(17-18-34-26-12-5-4-9-23(26)14-16-27(30)31)15-13-21-7-6-8-22(19-21)20-28-35(32,33)25-10-2-1-3-11-25/h1-13,15,19,24,28-29H,14,16-18,20H2,(H,30,31)/b15-13+/t24-/m0/s1. The Morgan fingerprint density at radius 3 is 2.51 bits per heavy atom. The van der Waals surface area contributed by atoms with Crippen LogP contribution < -0.4 is 9.46 Å².